The molecule has 0 aromatic rings. The zero-order valence-corrected chi connectivity index (χ0v) is 7.88. The van der Waals surface area contributed by atoms with E-state index in [0.29, 0.717) is 6.42 Å². The summed E-state index contributed by atoms with van der Waals surface area (Å²) in [6, 6.07) is 0. The Morgan fingerprint density at radius 2 is 2.17 bits per heavy atom. The molecule has 1 rings (SSSR count). The second kappa shape index (κ2) is 3.19. The molecule has 1 aliphatic rings. The van der Waals surface area contributed by atoms with Crippen molar-refractivity contribution in [1.82, 2.24) is 0 Å². The number of hydrogen-bond donors (Lipinski definition) is 2. The van der Waals surface area contributed by atoms with Gasteiger partial charge in [0.15, 0.2) is 0 Å². The van der Waals surface area contributed by atoms with Crippen molar-refractivity contribution >= 4 is 0 Å². The molecule has 2 atom stereocenters. The Kier molecular flexibility index (Phi) is 2.59. The summed E-state index contributed by atoms with van der Waals surface area (Å²) in [5.41, 5.74) is 0.181. The highest BCUT2D eigenvalue weighted by atomic mass is 16.3. The van der Waals surface area contributed by atoms with Gasteiger partial charge in [-0.25, -0.2) is 0 Å². The highest BCUT2D eigenvalue weighted by Crippen LogP contribution is 2.36. The van der Waals surface area contributed by atoms with Crippen LogP contribution in [0.5, 0.6) is 0 Å². The van der Waals surface area contributed by atoms with Gasteiger partial charge in [0.1, 0.15) is 0 Å². The van der Waals surface area contributed by atoms with Gasteiger partial charge in [-0.1, -0.05) is 20.4 Å². The van der Waals surface area contributed by atoms with Crippen molar-refractivity contribution in [1.29, 1.82) is 0 Å². The molecule has 1 saturated carbocycles. The molecule has 0 heterocycles. The highest BCUT2D eigenvalue weighted by Gasteiger charge is 2.37. The molecule has 0 spiro atoms. The van der Waals surface area contributed by atoms with Gasteiger partial charge in [-0.05, 0) is 24.3 Å². The zero-order valence-electron chi connectivity index (χ0n) is 7.88. The molecule has 2 N–H and O–H groups in total. The molecule has 1 fully saturated rings. The zero-order chi connectivity index (χ0) is 9.35. The molecule has 0 radical (unpaired) electrons. The van der Waals surface area contributed by atoms with Crippen molar-refractivity contribution in [2.75, 3.05) is 0 Å². The third-order valence-electron chi connectivity index (χ3n) is 2.97. The van der Waals surface area contributed by atoms with Crippen molar-refractivity contribution < 1.29 is 10.2 Å². The van der Waals surface area contributed by atoms with E-state index in [9.17, 15) is 10.2 Å². The first kappa shape index (κ1) is 9.75. The molecule has 70 valence electrons. The summed E-state index contributed by atoms with van der Waals surface area (Å²) in [6.45, 7) is 7.73. The Morgan fingerprint density at radius 1 is 1.58 bits per heavy atom. The van der Waals surface area contributed by atoms with Gasteiger partial charge in [0.2, 0.25) is 0 Å². The fraction of sp³-hybridized carbons (Fsp3) is 0.800. The molecule has 0 bridgehead atoms. The van der Waals surface area contributed by atoms with Crippen LogP contribution in [-0.4, -0.2) is 21.9 Å². The molecule has 12 heavy (non-hydrogen) atoms. The summed E-state index contributed by atoms with van der Waals surface area (Å²) < 4.78 is 0. The molecule has 0 saturated heterocycles. The van der Waals surface area contributed by atoms with E-state index >= 15 is 0 Å². The normalized spacial score (nSPS) is 37.4. The summed E-state index contributed by atoms with van der Waals surface area (Å²) in [5, 5.41) is 19.5. The second-order valence-corrected chi connectivity index (χ2v) is 4.14. The number of rotatable bonds is 1. The topological polar surface area (TPSA) is 40.5 Å². The van der Waals surface area contributed by atoms with Gasteiger partial charge < -0.3 is 10.2 Å². The molecule has 2 heteroatoms. The lowest BCUT2D eigenvalue weighted by molar-refractivity contribution is -0.0594. The van der Waals surface area contributed by atoms with E-state index < -0.39 is 11.7 Å². The van der Waals surface area contributed by atoms with Crippen LogP contribution in [0.25, 0.3) is 0 Å². The second-order valence-electron chi connectivity index (χ2n) is 4.14. The van der Waals surface area contributed by atoms with Gasteiger partial charge in [0.25, 0.3) is 0 Å². The van der Waals surface area contributed by atoms with Gasteiger partial charge in [0.05, 0.1) is 11.7 Å². The monoisotopic (exact) mass is 170 g/mol. The lowest BCUT2D eigenvalue weighted by Gasteiger charge is -2.39. The third-order valence-corrected chi connectivity index (χ3v) is 2.97. The standard InChI is InChI=1S/C10H18O2/c1-7(2)10(12)5-4-8(3)9(11)6-10/h7,9,11-12H,3-6H2,1-2H3/t9-,10?/m1/s1. The molecule has 0 aromatic carbocycles. The van der Waals surface area contributed by atoms with Gasteiger partial charge in [-0.15, -0.1) is 0 Å². The maximum Gasteiger partial charge on any atom is 0.0775 e. The minimum Gasteiger partial charge on any atom is -0.389 e. The minimum absolute atomic E-state index is 0.209. The van der Waals surface area contributed by atoms with E-state index in [1.54, 1.807) is 0 Å². The molecule has 2 nitrogen and oxygen atoms in total. The average Bonchev–Trinajstić information content (AvgIpc) is 1.97. The van der Waals surface area contributed by atoms with Gasteiger partial charge in [-0.2, -0.15) is 0 Å². The number of aliphatic hydroxyl groups is 2. The summed E-state index contributed by atoms with van der Waals surface area (Å²) in [6.07, 6.45) is 1.42. The predicted molar refractivity (Wildman–Crippen MR) is 48.8 cm³/mol. The SMILES string of the molecule is C=C1CCC(O)(C(C)C)C[C@H]1O. The van der Waals surface area contributed by atoms with E-state index in [2.05, 4.69) is 6.58 Å². The Labute approximate surface area is 73.9 Å². The Hall–Kier alpha value is -0.340. The van der Waals surface area contributed by atoms with Crippen LogP contribution in [0.2, 0.25) is 0 Å². The van der Waals surface area contributed by atoms with Crippen LogP contribution in [0.1, 0.15) is 33.1 Å². The van der Waals surface area contributed by atoms with E-state index in [1.165, 1.54) is 0 Å². The van der Waals surface area contributed by atoms with Gasteiger partial charge in [0, 0.05) is 6.42 Å². The Bertz CT molecular complexity index is 186. The van der Waals surface area contributed by atoms with Crippen LogP contribution in [0.3, 0.4) is 0 Å². The van der Waals surface area contributed by atoms with E-state index in [1.807, 2.05) is 13.8 Å². The summed E-state index contributed by atoms with van der Waals surface area (Å²) in [4.78, 5) is 0. The molecular weight excluding hydrogens is 152 g/mol. The lowest BCUT2D eigenvalue weighted by Crippen LogP contribution is -2.42. The van der Waals surface area contributed by atoms with Crippen molar-refractivity contribution in [3.8, 4) is 0 Å². The van der Waals surface area contributed by atoms with Crippen molar-refractivity contribution in [2.24, 2.45) is 5.92 Å². The summed E-state index contributed by atoms with van der Waals surface area (Å²) >= 11 is 0. The summed E-state index contributed by atoms with van der Waals surface area (Å²) in [7, 11) is 0. The molecule has 0 aliphatic heterocycles. The molecule has 0 amide bonds. The largest absolute Gasteiger partial charge is 0.389 e. The predicted octanol–water partition coefficient (Wildman–Crippen LogP) is 1.47. The molecule has 1 aliphatic carbocycles. The minimum atomic E-state index is -0.680. The fourth-order valence-corrected chi connectivity index (χ4v) is 1.65. The fourth-order valence-electron chi connectivity index (χ4n) is 1.65. The average molecular weight is 170 g/mol. The molecular formula is C10H18O2. The lowest BCUT2D eigenvalue weighted by atomic mass is 9.74. The number of hydrogen-bond acceptors (Lipinski definition) is 2. The Balaban J connectivity index is 2.66. The van der Waals surface area contributed by atoms with Crippen molar-refractivity contribution in [2.45, 2.75) is 44.8 Å². The summed E-state index contributed by atoms with van der Waals surface area (Å²) in [5.74, 6) is 0.209. The maximum absolute atomic E-state index is 10.0. The first-order valence-corrected chi connectivity index (χ1v) is 4.54. The third kappa shape index (κ3) is 1.70. The van der Waals surface area contributed by atoms with Crippen LogP contribution in [-0.2, 0) is 0 Å². The first-order chi connectivity index (χ1) is 5.46. The molecule has 1 unspecified atom stereocenters. The van der Waals surface area contributed by atoms with E-state index in [-0.39, 0.29) is 5.92 Å². The van der Waals surface area contributed by atoms with Crippen molar-refractivity contribution in [3.63, 3.8) is 0 Å². The van der Waals surface area contributed by atoms with Crippen molar-refractivity contribution in [3.05, 3.63) is 12.2 Å². The van der Waals surface area contributed by atoms with E-state index in [0.717, 1.165) is 18.4 Å². The van der Waals surface area contributed by atoms with Crippen LogP contribution < -0.4 is 0 Å². The highest BCUT2D eigenvalue weighted by molar-refractivity contribution is 5.10. The number of aliphatic hydroxyl groups excluding tert-OH is 1. The maximum atomic E-state index is 10.0. The van der Waals surface area contributed by atoms with E-state index in [4.69, 9.17) is 0 Å². The Morgan fingerprint density at radius 3 is 2.58 bits per heavy atom. The smallest absolute Gasteiger partial charge is 0.0775 e. The first-order valence-electron chi connectivity index (χ1n) is 4.54. The van der Waals surface area contributed by atoms with Gasteiger partial charge >= 0.3 is 0 Å². The van der Waals surface area contributed by atoms with Crippen LogP contribution in [0.15, 0.2) is 12.2 Å². The quantitative estimate of drug-likeness (QED) is 0.585. The van der Waals surface area contributed by atoms with Crippen LogP contribution in [0, 0.1) is 5.92 Å². The van der Waals surface area contributed by atoms with Crippen LogP contribution >= 0.6 is 0 Å². The van der Waals surface area contributed by atoms with Gasteiger partial charge in [-0.3, -0.25) is 0 Å². The van der Waals surface area contributed by atoms with Crippen LogP contribution in [0.4, 0.5) is 0 Å². The molecule has 0 aromatic heterocycles.